The fraction of sp³-hybridized carbons (Fsp3) is 0.174. The van der Waals surface area contributed by atoms with E-state index in [-0.39, 0.29) is 6.04 Å². The topological polar surface area (TPSA) is 54.2 Å². The van der Waals surface area contributed by atoms with Crippen LogP contribution in [0, 0.1) is 6.92 Å². The first-order valence-electron chi connectivity index (χ1n) is 9.54. The zero-order valence-corrected chi connectivity index (χ0v) is 18.3. The molecule has 152 valence electrons. The predicted molar refractivity (Wildman–Crippen MR) is 124 cm³/mol. The zero-order valence-electron chi connectivity index (χ0n) is 16.7. The van der Waals surface area contributed by atoms with Crippen molar-refractivity contribution in [1.29, 1.82) is 0 Å². The molecule has 0 spiro atoms. The molecule has 0 fully saturated rings. The van der Waals surface area contributed by atoms with Gasteiger partial charge in [0.15, 0.2) is 5.11 Å². The second-order valence-corrected chi connectivity index (χ2v) is 7.94. The second-order valence-electron chi connectivity index (χ2n) is 7.12. The number of hydrogen-bond donors (Lipinski definition) is 1. The third kappa shape index (κ3) is 3.88. The first kappa shape index (κ1) is 20.3. The van der Waals surface area contributed by atoms with Gasteiger partial charge in [0.1, 0.15) is 0 Å². The third-order valence-electron chi connectivity index (χ3n) is 5.08. The Hall–Kier alpha value is -2.96. The van der Waals surface area contributed by atoms with Gasteiger partial charge in [-0.05, 0) is 55.9 Å². The van der Waals surface area contributed by atoms with Crippen LogP contribution in [-0.2, 0) is 0 Å². The molecule has 1 aliphatic heterocycles. The van der Waals surface area contributed by atoms with Gasteiger partial charge in [-0.3, -0.25) is 0 Å². The molecule has 2 aromatic carbocycles. The fourth-order valence-corrected chi connectivity index (χ4v) is 3.92. The highest BCUT2D eigenvalue weighted by atomic mass is 35.5. The van der Waals surface area contributed by atoms with Gasteiger partial charge in [0.05, 0.1) is 11.6 Å². The number of rotatable bonds is 5. The lowest BCUT2D eigenvalue weighted by Crippen LogP contribution is -2.45. The van der Waals surface area contributed by atoms with E-state index >= 15 is 0 Å². The Morgan fingerprint density at radius 3 is 2.53 bits per heavy atom. The smallest absolute Gasteiger partial charge is 0.258 e. The number of aryl methyl sites for hydroxylation is 1. The summed E-state index contributed by atoms with van der Waals surface area (Å²) in [7, 11) is 0. The molecule has 1 atom stereocenters. The van der Waals surface area contributed by atoms with Crippen LogP contribution in [-0.4, -0.2) is 26.7 Å². The molecule has 0 saturated heterocycles. The zero-order chi connectivity index (χ0) is 21.3. The molecule has 30 heavy (non-hydrogen) atoms. The van der Waals surface area contributed by atoms with Crippen molar-refractivity contribution < 1.29 is 4.52 Å². The van der Waals surface area contributed by atoms with Gasteiger partial charge in [-0.15, -0.1) is 6.58 Å². The molecular formula is C23H21ClN4OS. The summed E-state index contributed by atoms with van der Waals surface area (Å²) in [6, 6.07) is 15.5. The summed E-state index contributed by atoms with van der Waals surface area (Å²) in [6.45, 7) is 8.50. The Morgan fingerprint density at radius 1 is 1.17 bits per heavy atom. The average Bonchev–Trinajstić information content (AvgIpc) is 3.21. The highest BCUT2D eigenvalue weighted by Gasteiger charge is 2.33. The highest BCUT2D eigenvalue weighted by Crippen LogP contribution is 2.37. The number of nitrogens with one attached hydrogen (secondary N) is 1. The second kappa shape index (κ2) is 8.42. The molecule has 1 unspecified atom stereocenters. The molecule has 0 aliphatic carbocycles. The highest BCUT2D eigenvalue weighted by molar-refractivity contribution is 7.80. The summed E-state index contributed by atoms with van der Waals surface area (Å²) >= 11 is 11.6. The molecule has 1 aromatic heterocycles. The maximum Gasteiger partial charge on any atom is 0.258 e. The van der Waals surface area contributed by atoms with Crippen molar-refractivity contribution in [3.05, 3.63) is 88.9 Å². The maximum absolute atomic E-state index is 6.00. The van der Waals surface area contributed by atoms with E-state index in [0.717, 1.165) is 22.4 Å². The first-order chi connectivity index (χ1) is 14.5. The van der Waals surface area contributed by atoms with Crippen molar-refractivity contribution in [1.82, 2.24) is 20.4 Å². The van der Waals surface area contributed by atoms with Gasteiger partial charge in [-0.1, -0.05) is 52.7 Å². The molecule has 0 saturated carbocycles. The summed E-state index contributed by atoms with van der Waals surface area (Å²) < 4.78 is 5.71. The molecule has 7 heteroatoms. The number of aromatic nitrogens is 2. The quantitative estimate of drug-likeness (QED) is 0.418. The number of allylic oxidation sites excluding steroid dienone is 1. The van der Waals surface area contributed by atoms with Crippen molar-refractivity contribution in [3.8, 4) is 11.4 Å². The van der Waals surface area contributed by atoms with E-state index in [1.807, 2.05) is 30.0 Å². The van der Waals surface area contributed by atoms with E-state index in [1.54, 1.807) is 12.1 Å². The number of hydrogen-bond acceptors (Lipinski definition) is 4. The van der Waals surface area contributed by atoms with Crippen LogP contribution >= 0.6 is 23.8 Å². The van der Waals surface area contributed by atoms with E-state index in [2.05, 4.69) is 53.2 Å². The normalized spacial score (nSPS) is 16.6. The van der Waals surface area contributed by atoms with Crippen LogP contribution < -0.4 is 5.32 Å². The van der Waals surface area contributed by atoms with E-state index in [0.29, 0.717) is 28.4 Å². The summed E-state index contributed by atoms with van der Waals surface area (Å²) in [5.41, 5.74) is 4.94. The molecule has 0 amide bonds. The van der Waals surface area contributed by atoms with Gasteiger partial charge in [0.25, 0.3) is 5.89 Å². The monoisotopic (exact) mass is 436 g/mol. The Bertz CT molecular complexity index is 1120. The van der Waals surface area contributed by atoms with Crippen LogP contribution in [0.5, 0.6) is 0 Å². The molecule has 1 N–H and O–H groups in total. The van der Waals surface area contributed by atoms with Crippen molar-refractivity contribution in [2.45, 2.75) is 19.9 Å². The minimum absolute atomic E-state index is 0.197. The molecule has 1 aliphatic rings. The molecule has 0 bridgehead atoms. The lowest BCUT2D eigenvalue weighted by molar-refractivity contribution is 0.399. The van der Waals surface area contributed by atoms with Crippen molar-refractivity contribution in [3.63, 3.8) is 0 Å². The van der Waals surface area contributed by atoms with Crippen LogP contribution in [0.3, 0.4) is 0 Å². The molecule has 4 rings (SSSR count). The van der Waals surface area contributed by atoms with Crippen molar-refractivity contribution in [2.24, 2.45) is 0 Å². The molecule has 2 heterocycles. The Kier molecular flexibility index (Phi) is 5.70. The van der Waals surface area contributed by atoms with Gasteiger partial charge < -0.3 is 14.7 Å². The van der Waals surface area contributed by atoms with Crippen molar-refractivity contribution >= 4 is 34.5 Å². The molecule has 0 radical (unpaired) electrons. The molecule has 3 aromatic rings. The summed E-state index contributed by atoms with van der Waals surface area (Å²) in [4.78, 5) is 6.66. The third-order valence-corrected chi connectivity index (χ3v) is 5.67. The van der Waals surface area contributed by atoms with Crippen LogP contribution in [0.15, 0.2) is 71.4 Å². The summed E-state index contributed by atoms with van der Waals surface area (Å²) in [6.07, 6.45) is 1.81. The van der Waals surface area contributed by atoms with Gasteiger partial charge in [-0.25, -0.2) is 0 Å². The minimum atomic E-state index is -0.197. The predicted octanol–water partition coefficient (Wildman–Crippen LogP) is 5.55. The van der Waals surface area contributed by atoms with Crippen LogP contribution in [0.4, 0.5) is 0 Å². The lowest BCUT2D eigenvalue weighted by atomic mass is 9.94. The lowest BCUT2D eigenvalue weighted by Gasteiger charge is -2.36. The average molecular weight is 437 g/mol. The number of thiocarbonyl (C=S) groups is 1. The maximum atomic E-state index is 6.00. The molecular weight excluding hydrogens is 416 g/mol. The Morgan fingerprint density at radius 2 is 1.87 bits per heavy atom. The van der Waals surface area contributed by atoms with Gasteiger partial charge in [-0.2, -0.15) is 4.98 Å². The summed E-state index contributed by atoms with van der Waals surface area (Å²) in [5, 5.41) is 8.92. The van der Waals surface area contributed by atoms with E-state index in [1.165, 1.54) is 5.56 Å². The number of benzene rings is 2. The van der Waals surface area contributed by atoms with Crippen LogP contribution in [0.25, 0.3) is 17.0 Å². The Labute approximate surface area is 186 Å². The fourth-order valence-electron chi connectivity index (χ4n) is 3.47. The standard InChI is InChI=1S/C23H21ClN4OS/c1-4-13-28-15(3)19(20(25-23(28)30)16-7-5-14(2)6-8-16)22-26-21(27-29-22)17-9-11-18(24)12-10-17/h4-12,20H,1,13H2,2-3H3,(H,25,30). The van der Waals surface area contributed by atoms with E-state index in [9.17, 15) is 0 Å². The summed E-state index contributed by atoms with van der Waals surface area (Å²) in [5.74, 6) is 0.958. The number of halogens is 1. The van der Waals surface area contributed by atoms with Gasteiger partial charge >= 0.3 is 0 Å². The van der Waals surface area contributed by atoms with Crippen LogP contribution in [0.2, 0.25) is 5.02 Å². The van der Waals surface area contributed by atoms with Crippen molar-refractivity contribution in [2.75, 3.05) is 6.54 Å². The number of nitrogens with zero attached hydrogens (tertiary/aromatic N) is 3. The van der Waals surface area contributed by atoms with Gasteiger partial charge in [0.2, 0.25) is 5.82 Å². The van der Waals surface area contributed by atoms with E-state index < -0.39 is 0 Å². The Balaban J connectivity index is 1.81. The van der Waals surface area contributed by atoms with E-state index in [4.69, 9.17) is 28.3 Å². The largest absolute Gasteiger partial charge is 0.351 e. The first-order valence-corrected chi connectivity index (χ1v) is 10.3. The minimum Gasteiger partial charge on any atom is -0.351 e. The van der Waals surface area contributed by atoms with Crippen LogP contribution in [0.1, 0.15) is 30.0 Å². The SMILES string of the molecule is C=CCN1C(=S)NC(c2ccc(C)cc2)C(c2nc(-c3ccc(Cl)cc3)no2)=C1C. The van der Waals surface area contributed by atoms with Gasteiger partial charge in [0, 0.05) is 22.8 Å². The molecule has 5 nitrogen and oxygen atoms in total.